The molecule has 0 radical (unpaired) electrons. The Balaban J connectivity index is 1.11. The van der Waals surface area contributed by atoms with Gasteiger partial charge in [0.15, 0.2) is 0 Å². The quantitative estimate of drug-likeness (QED) is 0.219. The number of methoxy groups -OCH3 is 1. The lowest BCUT2D eigenvalue weighted by molar-refractivity contribution is 0.0551. The van der Waals surface area contributed by atoms with Gasteiger partial charge in [0.2, 0.25) is 0 Å². The van der Waals surface area contributed by atoms with Gasteiger partial charge in [-0.15, -0.1) is 0 Å². The fourth-order valence-corrected chi connectivity index (χ4v) is 7.18. The van der Waals surface area contributed by atoms with Crippen molar-refractivity contribution in [3.63, 3.8) is 0 Å². The molecule has 4 aromatic rings. The number of carbonyl (C=O) groups excluding carboxylic acids is 1. The van der Waals surface area contributed by atoms with E-state index in [-0.39, 0.29) is 6.09 Å². The van der Waals surface area contributed by atoms with E-state index in [1.165, 1.54) is 24.0 Å². The van der Waals surface area contributed by atoms with Crippen LogP contribution in [-0.2, 0) is 17.6 Å². The van der Waals surface area contributed by atoms with Gasteiger partial charge in [0, 0.05) is 61.8 Å². The van der Waals surface area contributed by atoms with Gasteiger partial charge >= 0.3 is 6.09 Å². The third-order valence-electron chi connectivity index (χ3n) is 9.33. The van der Waals surface area contributed by atoms with E-state index in [9.17, 15) is 4.79 Å². The molecule has 1 unspecified atom stereocenters. The molecule has 3 aromatic carbocycles. The first-order valence-electron chi connectivity index (χ1n) is 16.4. The van der Waals surface area contributed by atoms with Crippen molar-refractivity contribution in [2.75, 3.05) is 57.8 Å². The van der Waals surface area contributed by atoms with Crippen molar-refractivity contribution in [3.05, 3.63) is 71.8 Å². The van der Waals surface area contributed by atoms with Gasteiger partial charge in [0.1, 0.15) is 11.4 Å². The monoisotopic (exact) mass is 596 g/mol. The van der Waals surface area contributed by atoms with Crippen LogP contribution in [0.5, 0.6) is 5.75 Å². The summed E-state index contributed by atoms with van der Waals surface area (Å²) in [6.07, 6.45) is 4.26. The Morgan fingerprint density at radius 2 is 1.70 bits per heavy atom. The van der Waals surface area contributed by atoms with Gasteiger partial charge in [-0.3, -0.25) is 9.80 Å². The van der Waals surface area contributed by atoms with Crippen LogP contribution in [0.3, 0.4) is 0 Å². The largest absolute Gasteiger partial charge is 0.496 e. The van der Waals surface area contributed by atoms with Crippen LogP contribution >= 0.6 is 0 Å². The lowest BCUT2D eigenvalue weighted by Gasteiger charge is -2.39. The van der Waals surface area contributed by atoms with Crippen LogP contribution in [0, 0.1) is 0 Å². The summed E-state index contributed by atoms with van der Waals surface area (Å²) in [6.45, 7) is 15.4. The number of aromatic nitrogens is 1. The summed E-state index contributed by atoms with van der Waals surface area (Å²) < 4.78 is 13.2. The highest BCUT2D eigenvalue weighted by Gasteiger charge is 2.27. The van der Waals surface area contributed by atoms with E-state index in [1.807, 2.05) is 39.0 Å². The minimum absolute atomic E-state index is 0.331. The highest BCUT2D eigenvalue weighted by Crippen LogP contribution is 2.34. The summed E-state index contributed by atoms with van der Waals surface area (Å²) in [5.41, 5.74) is 5.25. The average Bonchev–Trinajstić information content (AvgIpc) is 3.36. The Kier molecular flexibility index (Phi) is 8.88. The molecule has 0 N–H and O–H groups in total. The predicted octanol–water partition coefficient (Wildman–Crippen LogP) is 6.98. The van der Waals surface area contributed by atoms with Crippen LogP contribution in [0.25, 0.3) is 21.8 Å². The maximum absolute atomic E-state index is 13.4. The van der Waals surface area contributed by atoms with Crippen LogP contribution in [-0.4, -0.2) is 85.0 Å². The SMILES string of the molecule is CCCN(CCN1CCN(c2ccc3c4ccccc4n(C(=O)OC(C)(C)C)c3c2)CC1)C1CCc2c(cccc2OC)C1. The predicted molar refractivity (Wildman–Crippen MR) is 180 cm³/mol. The molecule has 1 fully saturated rings. The molecule has 1 atom stereocenters. The zero-order valence-electron chi connectivity index (χ0n) is 27.1. The second-order valence-electron chi connectivity index (χ2n) is 13.4. The molecule has 7 heteroatoms. The Bertz CT molecular complexity index is 1610. The number of carbonyl (C=O) groups is 1. The Hall–Kier alpha value is -3.55. The van der Waals surface area contributed by atoms with E-state index >= 15 is 0 Å². The molecule has 6 rings (SSSR count). The van der Waals surface area contributed by atoms with Gasteiger partial charge in [0.25, 0.3) is 0 Å². The minimum atomic E-state index is -0.565. The van der Waals surface area contributed by atoms with Crippen LogP contribution in [0.2, 0.25) is 0 Å². The molecule has 1 aromatic heterocycles. The smallest absolute Gasteiger partial charge is 0.419 e. The second kappa shape index (κ2) is 12.8. The van der Waals surface area contributed by atoms with E-state index in [0.29, 0.717) is 6.04 Å². The summed E-state index contributed by atoms with van der Waals surface area (Å²) in [7, 11) is 1.78. The van der Waals surface area contributed by atoms with E-state index in [4.69, 9.17) is 9.47 Å². The standard InChI is InChI=1S/C37H48N4O3/c1-6-18-39(28-14-16-30-27(25-28)10-9-13-35(30)43-5)22-19-38-20-23-40(24-21-38)29-15-17-32-31-11-7-8-12-33(31)41(34(32)26-29)36(42)44-37(2,3)4/h7-13,15,17,26,28H,6,14,16,18-25H2,1-5H3. The first kappa shape index (κ1) is 30.5. The van der Waals surface area contributed by atoms with Gasteiger partial charge in [-0.05, 0) is 88.4 Å². The van der Waals surface area contributed by atoms with Gasteiger partial charge in [-0.1, -0.05) is 43.3 Å². The molecule has 0 saturated carbocycles. The first-order chi connectivity index (χ1) is 21.3. The van der Waals surface area contributed by atoms with Crippen LogP contribution in [0.15, 0.2) is 60.7 Å². The fourth-order valence-electron chi connectivity index (χ4n) is 7.18. The van der Waals surface area contributed by atoms with Crippen molar-refractivity contribution < 1.29 is 14.3 Å². The molecule has 0 bridgehead atoms. The topological polar surface area (TPSA) is 50.2 Å². The van der Waals surface area contributed by atoms with E-state index < -0.39 is 5.60 Å². The fraction of sp³-hybridized carbons (Fsp3) is 0.486. The van der Waals surface area contributed by atoms with Crippen molar-refractivity contribution >= 4 is 33.6 Å². The van der Waals surface area contributed by atoms with Crippen molar-refractivity contribution in [2.24, 2.45) is 0 Å². The molecule has 44 heavy (non-hydrogen) atoms. The molecule has 7 nitrogen and oxygen atoms in total. The Labute approximate surface area is 262 Å². The molecule has 1 aliphatic carbocycles. The molecular formula is C37H48N4O3. The van der Waals surface area contributed by atoms with E-state index in [1.54, 1.807) is 11.7 Å². The normalized spacial score (nSPS) is 17.8. The number of fused-ring (bicyclic) bond motifs is 4. The number of hydrogen-bond acceptors (Lipinski definition) is 6. The zero-order chi connectivity index (χ0) is 30.8. The molecule has 1 aliphatic heterocycles. The third-order valence-corrected chi connectivity index (χ3v) is 9.33. The summed E-state index contributed by atoms with van der Waals surface area (Å²) in [5, 5.41) is 2.15. The maximum atomic E-state index is 13.4. The van der Waals surface area contributed by atoms with E-state index in [2.05, 4.69) is 64.1 Å². The van der Waals surface area contributed by atoms with Crippen LogP contribution in [0.1, 0.15) is 51.7 Å². The van der Waals surface area contributed by atoms with Crippen molar-refractivity contribution in [1.82, 2.24) is 14.4 Å². The first-order valence-corrected chi connectivity index (χ1v) is 16.4. The summed E-state index contributed by atoms with van der Waals surface area (Å²) in [6, 6.07) is 21.8. The molecule has 0 amide bonds. The number of para-hydroxylation sites is 1. The molecule has 234 valence electrons. The second-order valence-corrected chi connectivity index (χ2v) is 13.4. The van der Waals surface area contributed by atoms with Crippen LogP contribution in [0.4, 0.5) is 10.5 Å². The summed E-state index contributed by atoms with van der Waals surface area (Å²) in [4.78, 5) is 21.2. The molecule has 2 aliphatic rings. The lowest BCUT2D eigenvalue weighted by Crippen LogP contribution is -2.50. The molecular weight excluding hydrogens is 548 g/mol. The maximum Gasteiger partial charge on any atom is 0.419 e. The minimum Gasteiger partial charge on any atom is -0.496 e. The Morgan fingerprint density at radius 3 is 2.45 bits per heavy atom. The average molecular weight is 597 g/mol. The number of anilines is 1. The van der Waals surface area contributed by atoms with Crippen molar-refractivity contribution in [2.45, 2.75) is 65.0 Å². The molecule has 0 spiro atoms. The van der Waals surface area contributed by atoms with Gasteiger partial charge in [0.05, 0.1) is 18.1 Å². The summed E-state index contributed by atoms with van der Waals surface area (Å²) in [5.74, 6) is 1.05. The highest BCUT2D eigenvalue weighted by molar-refractivity contribution is 6.13. The van der Waals surface area contributed by atoms with Crippen LogP contribution < -0.4 is 9.64 Å². The molecule has 1 saturated heterocycles. The Morgan fingerprint density at radius 1 is 0.932 bits per heavy atom. The van der Waals surface area contributed by atoms with E-state index in [0.717, 1.165) is 91.9 Å². The van der Waals surface area contributed by atoms with Crippen molar-refractivity contribution in [1.29, 1.82) is 0 Å². The number of piperazine rings is 1. The number of rotatable bonds is 8. The number of hydrogen-bond donors (Lipinski definition) is 0. The number of benzene rings is 3. The summed E-state index contributed by atoms with van der Waals surface area (Å²) >= 11 is 0. The lowest BCUT2D eigenvalue weighted by atomic mass is 9.86. The van der Waals surface area contributed by atoms with Gasteiger partial charge < -0.3 is 14.4 Å². The van der Waals surface area contributed by atoms with Gasteiger partial charge in [-0.25, -0.2) is 9.36 Å². The van der Waals surface area contributed by atoms with Gasteiger partial charge in [-0.2, -0.15) is 0 Å². The van der Waals surface area contributed by atoms with Crippen molar-refractivity contribution in [3.8, 4) is 5.75 Å². The molecule has 2 heterocycles. The number of nitrogens with zero attached hydrogens (tertiary/aromatic N) is 4. The highest BCUT2D eigenvalue weighted by atomic mass is 16.6. The number of ether oxygens (including phenoxy) is 2. The zero-order valence-corrected chi connectivity index (χ0v) is 27.1. The third kappa shape index (κ3) is 6.31.